The molecule has 6 nitrogen and oxygen atoms in total. The number of thiazole rings is 1. The van der Waals surface area contributed by atoms with Crippen molar-refractivity contribution < 1.29 is 13.2 Å². The zero-order chi connectivity index (χ0) is 16.3. The average molecular weight is 339 g/mol. The molecule has 0 saturated carbocycles. The molecule has 1 atom stereocenters. The Kier molecular flexibility index (Phi) is 4.82. The molecule has 0 aliphatic heterocycles. The number of aromatic nitrogens is 1. The van der Waals surface area contributed by atoms with Crippen molar-refractivity contribution in [2.75, 3.05) is 11.6 Å². The third-order valence-electron chi connectivity index (χ3n) is 3.05. The summed E-state index contributed by atoms with van der Waals surface area (Å²) in [5, 5.41) is 8.08. The SMILES string of the molecule is Cc1ccc(S(C)(=O)=O)cc1NC(=O)NC(C)c1nccs1. The van der Waals surface area contributed by atoms with Gasteiger partial charge in [0.25, 0.3) is 0 Å². The molecule has 1 unspecified atom stereocenters. The molecule has 8 heteroatoms. The molecule has 22 heavy (non-hydrogen) atoms. The van der Waals surface area contributed by atoms with Crippen LogP contribution >= 0.6 is 11.3 Å². The van der Waals surface area contributed by atoms with Crippen LogP contribution in [0.3, 0.4) is 0 Å². The van der Waals surface area contributed by atoms with Gasteiger partial charge in [-0.2, -0.15) is 0 Å². The lowest BCUT2D eigenvalue weighted by Crippen LogP contribution is -2.31. The van der Waals surface area contributed by atoms with Crippen molar-refractivity contribution in [2.45, 2.75) is 24.8 Å². The summed E-state index contributed by atoms with van der Waals surface area (Å²) >= 11 is 1.46. The van der Waals surface area contributed by atoms with E-state index in [1.54, 1.807) is 19.2 Å². The Morgan fingerprint density at radius 3 is 2.68 bits per heavy atom. The number of hydrogen-bond acceptors (Lipinski definition) is 5. The molecule has 2 amide bonds. The third-order valence-corrected chi connectivity index (χ3v) is 5.12. The van der Waals surface area contributed by atoms with Crippen LogP contribution in [-0.4, -0.2) is 25.7 Å². The van der Waals surface area contributed by atoms with E-state index in [-0.39, 0.29) is 10.9 Å². The Balaban J connectivity index is 2.11. The quantitative estimate of drug-likeness (QED) is 0.896. The van der Waals surface area contributed by atoms with Gasteiger partial charge >= 0.3 is 6.03 Å². The number of rotatable bonds is 4. The van der Waals surface area contributed by atoms with E-state index in [1.807, 2.05) is 12.3 Å². The van der Waals surface area contributed by atoms with Gasteiger partial charge in [0.05, 0.1) is 10.9 Å². The minimum atomic E-state index is -3.32. The first kappa shape index (κ1) is 16.4. The predicted octanol–water partition coefficient (Wildman–Crippen LogP) is 2.74. The summed E-state index contributed by atoms with van der Waals surface area (Å²) in [5.74, 6) is 0. The summed E-state index contributed by atoms with van der Waals surface area (Å²) in [6.07, 6.45) is 2.81. The Morgan fingerprint density at radius 1 is 1.36 bits per heavy atom. The predicted molar refractivity (Wildman–Crippen MR) is 87.0 cm³/mol. The summed E-state index contributed by atoms with van der Waals surface area (Å²) in [6, 6.07) is 4.01. The molecule has 118 valence electrons. The van der Waals surface area contributed by atoms with Gasteiger partial charge in [0.15, 0.2) is 9.84 Å². The van der Waals surface area contributed by atoms with Crippen LogP contribution in [0.2, 0.25) is 0 Å². The molecule has 2 N–H and O–H groups in total. The van der Waals surface area contributed by atoms with Crippen LogP contribution in [0.1, 0.15) is 23.5 Å². The molecule has 0 aliphatic carbocycles. The van der Waals surface area contributed by atoms with Crippen molar-refractivity contribution in [1.29, 1.82) is 0 Å². The molecular formula is C14H17N3O3S2. The van der Waals surface area contributed by atoms with Gasteiger partial charge in [-0.25, -0.2) is 18.2 Å². The molecule has 0 radical (unpaired) electrons. The highest BCUT2D eigenvalue weighted by molar-refractivity contribution is 7.90. The lowest BCUT2D eigenvalue weighted by molar-refractivity contribution is 0.249. The van der Waals surface area contributed by atoms with E-state index in [0.29, 0.717) is 5.69 Å². The third kappa shape index (κ3) is 4.05. The van der Waals surface area contributed by atoms with Gasteiger partial charge in [0.1, 0.15) is 5.01 Å². The zero-order valence-corrected chi connectivity index (χ0v) is 14.1. The van der Waals surface area contributed by atoms with Crippen LogP contribution in [0, 0.1) is 6.92 Å². The molecule has 0 bridgehead atoms. The molecule has 2 aromatic rings. The number of carbonyl (C=O) groups is 1. The fraction of sp³-hybridized carbons (Fsp3) is 0.286. The maximum atomic E-state index is 12.0. The summed E-state index contributed by atoms with van der Waals surface area (Å²) in [6.45, 7) is 3.63. The fourth-order valence-electron chi connectivity index (χ4n) is 1.83. The van der Waals surface area contributed by atoms with Gasteiger partial charge in [0.2, 0.25) is 0 Å². The lowest BCUT2D eigenvalue weighted by atomic mass is 10.2. The first-order valence-corrected chi connectivity index (χ1v) is 9.32. The first-order valence-electron chi connectivity index (χ1n) is 6.55. The van der Waals surface area contributed by atoms with Gasteiger partial charge in [-0.05, 0) is 31.5 Å². The molecule has 1 aromatic heterocycles. The second-order valence-corrected chi connectivity index (χ2v) is 7.88. The van der Waals surface area contributed by atoms with Crippen molar-refractivity contribution in [1.82, 2.24) is 10.3 Å². The van der Waals surface area contributed by atoms with E-state index in [0.717, 1.165) is 16.8 Å². The van der Waals surface area contributed by atoms with Gasteiger partial charge < -0.3 is 10.6 Å². The number of carbonyl (C=O) groups excluding carboxylic acids is 1. The Labute approximate surface area is 133 Å². The maximum Gasteiger partial charge on any atom is 0.319 e. The highest BCUT2D eigenvalue weighted by Gasteiger charge is 2.14. The number of nitrogens with one attached hydrogen (secondary N) is 2. The number of urea groups is 1. The molecule has 0 spiro atoms. The van der Waals surface area contributed by atoms with Gasteiger partial charge in [-0.1, -0.05) is 6.07 Å². The molecular weight excluding hydrogens is 322 g/mol. The highest BCUT2D eigenvalue weighted by atomic mass is 32.2. The van der Waals surface area contributed by atoms with Crippen LogP contribution in [0.4, 0.5) is 10.5 Å². The zero-order valence-electron chi connectivity index (χ0n) is 12.5. The number of nitrogens with zero attached hydrogens (tertiary/aromatic N) is 1. The summed E-state index contributed by atoms with van der Waals surface area (Å²) < 4.78 is 23.2. The fourth-order valence-corrected chi connectivity index (χ4v) is 3.12. The average Bonchev–Trinajstić information content (AvgIpc) is 2.94. The number of hydrogen-bond donors (Lipinski definition) is 2. The maximum absolute atomic E-state index is 12.0. The number of benzene rings is 1. The minimum absolute atomic E-state index is 0.168. The molecule has 0 aliphatic rings. The summed E-state index contributed by atoms with van der Waals surface area (Å²) in [4.78, 5) is 16.3. The van der Waals surface area contributed by atoms with Crippen LogP contribution in [-0.2, 0) is 9.84 Å². The number of amides is 2. The van der Waals surface area contributed by atoms with Crippen molar-refractivity contribution >= 4 is 32.9 Å². The number of sulfone groups is 1. The largest absolute Gasteiger partial charge is 0.329 e. The summed E-state index contributed by atoms with van der Waals surface area (Å²) in [5.41, 5.74) is 1.25. The van der Waals surface area contributed by atoms with E-state index in [4.69, 9.17) is 0 Å². The van der Waals surface area contributed by atoms with Crippen molar-refractivity contribution in [3.63, 3.8) is 0 Å². The highest BCUT2D eigenvalue weighted by Crippen LogP contribution is 2.21. The molecule has 0 saturated heterocycles. The second-order valence-electron chi connectivity index (χ2n) is 4.94. The number of aryl methyl sites for hydroxylation is 1. The van der Waals surface area contributed by atoms with Gasteiger partial charge in [0, 0.05) is 23.5 Å². The van der Waals surface area contributed by atoms with Gasteiger partial charge in [-0.3, -0.25) is 0 Å². The standard InChI is InChI=1S/C14H17N3O3S2/c1-9-4-5-11(22(3,19)20)8-12(9)17-14(18)16-10(2)13-15-6-7-21-13/h4-8,10H,1-3H3,(H2,16,17,18). The minimum Gasteiger partial charge on any atom is -0.329 e. The molecule has 2 rings (SSSR count). The van der Waals surface area contributed by atoms with Crippen molar-refractivity contribution in [2.24, 2.45) is 0 Å². The molecule has 1 heterocycles. The molecule has 1 aromatic carbocycles. The van der Waals surface area contributed by atoms with E-state index >= 15 is 0 Å². The van der Waals surface area contributed by atoms with E-state index in [9.17, 15) is 13.2 Å². The van der Waals surface area contributed by atoms with Crippen LogP contribution < -0.4 is 10.6 Å². The van der Waals surface area contributed by atoms with E-state index in [1.165, 1.54) is 23.5 Å². The second kappa shape index (κ2) is 6.45. The van der Waals surface area contributed by atoms with Gasteiger partial charge in [-0.15, -0.1) is 11.3 Å². The van der Waals surface area contributed by atoms with Crippen molar-refractivity contribution in [3.05, 3.63) is 40.3 Å². The molecule has 0 fully saturated rings. The van der Waals surface area contributed by atoms with E-state index < -0.39 is 15.9 Å². The smallest absolute Gasteiger partial charge is 0.319 e. The Morgan fingerprint density at radius 2 is 2.09 bits per heavy atom. The van der Waals surface area contributed by atoms with Crippen LogP contribution in [0.15, 0.2) is 34.7 Å². The topological polar surface area (TPSA) is 88.2 Å². The normalized spacial score (nSPS) is 12.7. The number of anilines is 1. The van der Waals surface area contributed by atoms with Crippen molar-refractivity contribution in [3.8, 4) is 0 Å². The lowest BCUT2D eigenvalue weighted by Gasteiger charge is -2.14. The van der Waals surface area contributed by atoms with Crippen LogP contribution in [0.5, 0.6) is 0 Å². The van der Waals surface area contributed by atoms with Crippen LogP contribution in [0.25, 0.3) is 0 Å². The summed E-state index contributed by atoms with van der Waals surface area (Å²) in [7, 11) is -3.32. The Hall–Kier alpha value is -1.93. The Bertz CT molecular complexity index is 771. The first-order chi connectivity index (χ1) is 10.3. The monoisotopic (exact) mass is 339 g/mol. The van der Waals surface area contributed by atoms with E-state index in [2.05, 4.69) is 15.6 Å².